The highest BCUT2D eigenvalue weighted by atomic mass is 35.5. The molecule has 1 aliphatic rings. The highest BCUT2D eigenvalue weighted by Crippen LogP contribution is 2.30. The van der Waals surface area contributed by atoms with Crippen molar-refractivity contribution in [2.24, 2.45) is 5.92 Å². The van der Waals surface area contributed by atoms with Crippen LogP contribution >= 0.6 is 23.4 Å². The molecule has 1 N–H and O–H groups in total. The van der Waals surface area contributed by atoms with Crippen LogP contribution in [0.5, 0.6) is 5.75 Å². The Morgan fingerprint density at radius 2 is 2.22 bits per heavy atom. The number of anilines is 1. The molecule has 0 spiro atoms. The van der Waals surface area contributed by atoms with Crippen LogP contribution in [0, 0.1) is 5.92 Å². The minimum absolute atomic E-state index is 0.0976. The van der Waals surface area contributed by atoms with Gasteiger partial charge >= 0.3 is 0 Å². The molecule has 1 aliphatic heterocycles. The predicted octanol–water partition coefficient (Wildman–Crippen LogP) is 3.23. The fourth-order valence-electron chi connectivity index (χ4n) is 2.96. The summed E-state index contributed by atoms with van der Waals surface area (Å²) in [6.45, 7) is 0.337. The SMILES string of the molecule is CSc1nnnn1-c1cccc(NC(=O)C2COc3ccc(Cl)cc3C2)c1. The van der Waals surface area contributed by atoms with Crippen LogP contribution in [-0.4, -0.2) is 39.0 Å². The molecular weight excluding hydrogens is 386 g/mol. The fourth-order valence-corrected chi connectivity index (χ4v) is 3.59. The van der Waals surface area contributed by atoms with Gasteiger partial charge in [-0.3, -0.25) is 4.79 Å². The van der Waals surface area contributed by atoms with E-state index in [1.165, 1.54) is 11.8 Å². The first-order valence-corrected chi connectivity index (χ1v) is 9.89. The number of ether oxygens (including phenoxy) is 1. The van der Waals surface area contributed by atoms with Crippen LogP contribution in [0.1, 0.15) is 5.56 Å². The second-order valence-electron chi connectivity index (χ2n) is 6.08. The Kier molecular flexibility index (Phi) is 5.00. The molecule has 0 bridgehead atoms. The summed E-state index contributed by atoms with van der Waals surface area (Å²) in [7, 11) is 0. The Hall–Kier alpha value is -2.58. The summed E-state index contributed by atoms with van der Waals surface area (Å²) in [6.07, 6.45) is 2.49. The Morgan fingerprint density at radius 1 is 1.33 bits per heavy atom. The summed E-state index contributed by atoms with van der Waals surface area (Å²) in [5.41, 5.74) is 2.40. The first-order valence-electron chi connectivity index (χ1n) is 8.29. The number of benzene rings is 2. The van der Waals surface area contributed by atoms with Crippen molar-refractivity contribution in [2.45, 2.75) is 11.6 Å². The van der Waals surface area contributed by atoms with E-state index in [0.29, 0.717) is 28.9 Å². The summed E-state index contributed by atoms with van der Waals surface area (Å²) in [5.74, 6) is 0.405. The molecule has 27 heavy (non-hydrogen) atoms. The number of thioether (sulfide) groups is 1. The maximum absolute atomic E-state index is 12.7. The van der Waals surface area contributed by atoms with Gasteiger partial charge < -0.3 is 10.1 Å². The molecule has 2 heterocycles. The molecule has 3 aromatic rings. The van der Waals surface area contributed by atoms with Crippen molar-refractivity contribution in [1.29, 1.82) is 0 Å². The van der Waals surface area contributed by atoms with E-state index < -0.39 is 0 Å². The fraction of sp³-hybridized carbons (Fsp3) is 0.222. The Labute approximate surface area is 165 Å². The predicted molar refractivity (Wildman–Crippen MR) is 104 cm³/mol. The number of nitrogens with zero attached hydrogens (tertiary/aromatic N) is 4. The van der Waals surface area contributed by atoms with Gasteiger partial charge in [0.05, 0.1) is 11.6 Å². The van der Waals surface area contributed by atoms with Crippen molar-refractivity contribution in [3.63, 3.8) is 0 Å². The number of carbonyl (C=O) groups excluding carboxylic acids is 1. The Bertz CT molecular complexity index is 993. The minimum atomic E-state index is -0.283. The molecule has 138 valence electrons. The quantitative estimate of drug-likeness (QED) is 0.676. The number of hydrogen-bond acceptors (Lipinski definition) is 6. The number of nitrogens with one attached hydrogen (secondary N) is 1. The third kappa shape index (κ3) is 3.77. The van der Waals surface area contributed by atoms with Gasteiger partial charge in [0.15, 0.2) is 0 Å². The summed E-state index contributed by atoms with van der Waals surface area (Å²) >= 11 is 7.49. The van der Waals surface area contributed by atoms with E-state index in [9.17, 15) is 4.79 Å². The van der Waals surface area contributed by atoms with Crippen LogP contribution < -0.4 is 10.1 Å². The highest BCUT2D eigenvalue weighted by Gasteiger charge is 2.26. The molecule has 1 amide bonds. The van der Waals surface area contributed by atoms with Crippen LogP contribution in [0.15, 0.2) is 47.6 Å². The lowest BCUT2D eigenvalue weighted by atomic mass is 9.96. The van der Waals surface area contributed by atoms with E-state index in [4.69, 9.17) is 16.3 Å². The van der Waals surface area contributed by atoms with E-state index in [1.807, 2.05) is 42.7 Å². The monoisotopic (exact) mass is 401 g/mol. The molecular formula is C18H16ClN5O2S. The van der Waals surface area contributed by atoms with Crippen molar-refractivity contribution < 1.29 is 9.53 Å². The number of rotatable bonds is 4. The Balaban J connectivity index is 1.50. The smallest absolute Gasteiger partial charge is 0.231 e. The maximum Gasteiger partial charge on any atom is 0.231 e. The lowest BCUT2D eigenvalue weighted by Gasteiger charge is -2.24. The molecule has 0 radical (unpaired) electrons. The highest BCUT2D eigenvalue weighted by molar-refractivity contribution is 7.98. The number of hydrogen-bond donors (Lipinski definition) is 1. The van der Waals surface area contributed by atoms with Gasteiger partial charge in [0.1, 0.15) is 12.4 Å². The molecule has 2 aromatic carbocycles. The van der Waals surface area contributed by atoms with Gasteiger partial charge in [-0.1, -0.05) is 29.4 Å². The van der Waals surface area contributed by atoms with Gasteiger partial charge in [-0.2, -0.15) is 4.68 Å². The lowest BCUT2D eigenvalue weighted by molar-refractivity contribution is -0.121. The normalized spacial score (nSPS) is 15.7. The van der Waals surface area contributed by atoms with Crippen molar-refractivity contribution in [3.8, 4) is 11.4 Å². The largest absolute Gasteiger partial charge is 0.492 e. The zero-order chi connectivity index (χ0) is 18.8. The number of amides is 1. The first kappa shape index (κ1) is 17.8. The third-order valence-corrected chi connectivity index (χ3v) is 5.14. The average molecular weight is 402 g/mol. The van der Waals surface area contributed by atoms with Crippen molar-refractivity contribution in [2.75, 3.05) is 18.2 Å². The number of fused-ring (bicyclic) bond motifs is 1. The van der Waals surface area contributed by atoms with E-state index >= 15 is 0 Å². The third-order valence-electron chi connectivity index (χ3n) is 4.28. The van der Waals surface area contributed by atoms with Crippen LogP contribution in [0.25, 0.3) is 5.69 Å². The molecule has 4 rings (SSSR count). The van der Waals surface area contributed by atoms with Crippen molar-refractivity contribution in [3.05, 3.63) is 53.1 Å². The van der Waals surface area contributed by atoms with E-state index in [0.717, 1.165) is 17.0 Å². The lowest BCUT2D eigenvalue weighted by Crippen LogP contribution is -2.32. The zero-order valence-electron chi connectivity index (χ0n) is 14.4. The molecule has 0 saturated heterocycles. The average Bonchev–Trinajstić information content (AvgIpc) is 3.16. The number of carbonyl (C=O) groups is 1. The standard InChI is InChI=1S/C18H16ClN5O2S/c1-27-18-21-22-23-24(18)15-4-2-3-14(9-15)20-17(25)12-7-11-8-13(19)5-6-16(11)26-10-12/h2-6,8-9,12H,7,10H2,1H3,(H,20,25). The van der Waals surface area contributed by atoms with E-state index in [-0.39, 0.29) is 11.8 Å². The molecule has 1 aromatic heterocycles. The van der Waals surface area contributed by atoms with Crippen LogP contribution in [-0.2, 0) is 11.2 Å². The van der Waals surface area contributed by atoms with Crippen LogP contribution in [0.4, 0.5) is 5.69 Å². The second-order valence-corrected chi connectivity index (χ2v) is 7.29. The van der Waals surface area contributed by atoms with Gasteiger partial charge in [-0.15, -0.1) is 5.10 Å². The zero-order valence-corrected chi connectivity index (χ0v) is 16.0. The molecule has 0 fully saturated rings. The van der Waals surface area contributed by atoms with E-state index in [1.54, 1.807) is 10.7 Å². The van der Waals surface area contributed by atoms with Crippen molar-refractivity contribution in [1.82, 2.24) is 20.2 Å². The number of tetrazole rings is 1. The maximum atomic E-state index is 12.7. The molecule has 0 aliphatic carbocycles. The van der Waals surface area contributed by atoms with Crippen LogP contribution in [0.3, 0.4) is 0 Å². The van der Waals surface area contributed by atoms with Gasteiger partial charge in [-0.05, 0) is 65.1 Å². The topological polar surface area (TPSA) is 81.9 Å². The molecule has 9 heteroatoms. The van der Waals surface area contributed by atoms with Crippen LogP contribution in [0.2, 0.25) is 5.02 Å². The van der Waals surface area contributed by atoms with Crippen molar-refractivity contribution >= 4 is 35.0 Å². The van der Waals surface area contributed by atoms with Gasteiger partial charge in [0, 0.05) is 10.7 Å². The second kappa shape index (κ2) is 7.58. The van der Waals surface area contributed by atoms with Gasteiger partial charge in [0.25, 0.3) is 0 Å². The molecule has 7 nitrogen and oxygen atoms in total. The first-order chi connectivity index (χ1) is 13.1. The Morgan fingerprint density at radius 3 is 3.07 bits per heavy atom. The minimum Gasteiger partial charge on any atom is -0.492 e. The van der Waals surface area contributed by atoms with E-state index in [2.05, 4.69) is 20.8 Å². The van der Waals surface area contributed by atoms with Gasteiger partial charge in [0.2, 0.25) is 11.1 Å². The summed E-state index contributed by atoms with van der Waals surface area (Å²) in [5, 5.41) is 15.9. The number of aromatic nitrogens is 4. The summed E-state index contributed by atoms with van der Waals surface area (Å²) in [6, 6.07) is 12.9. The summed E-state index contributed by atoms with van der Waals surface area (Å²) < 4.78 is 7.34. The molecule has 1 atom stereocenters. The summed E-state index contributed by atoms with van der Waals surface area (Å²) in [4.78, 5) is 12.7. The molecule has 0 saturated carbocycles. The number of halogens is 1. The van der Waals surface area contributed by atoms with Gasteiger partial charge in [-0.25, -0.2) is 0 Å². The molecule has 1 unspecified atom stereocenters.